The van der Waals surface area contributed by atoms with Crippen molar-refractivity contribution in [3.8, 4) is 5.75 Å². The fraction of sp³-hybridized carbons (Fsp3) is 0.455. The Balaban J connectivity index is 2.90. The molecule has 0 bridgehead atoms. The number of ether oxygens (including phenoxy) is 1. The lowest BCUT2D eigenvalue weighted by Gasteiger charge is -2.17. The topological polar surface area (TPSA) is 9.23 Å². The van der Waals surface area contributed by atoms with Gasteiger partial charge in [0.1, 0.15) is 0 Å². The van der Waals surface area contributed by atoms with E-state index in [1.165, 1.54) is 13.2 Å². The summed E-state index contributed by atoms with van der Waals surface area (Å²) in [6, 6.07) is 4.94. The number of halogens is 1. The molecule has 0 unspecified atom stereocenters. The summed E-state index contributed by atoms with van der Waals surface area (Å²) < 4.78 is 18.1. The van der Waals surface area contributed by atoms with Gasteiger partial charge in [0.2, 0.25) is 0 Å². The van der Waals surface area contributed by atoms with Crippen LogP contribution in [0.25, 0.3) is 0 Å². The third-order valence-corrected chi connectivity index (χ3v) is 2.65. The average molecular weight is 214 g/mol. The molecule has 0 saturated heterocycles. The van der Waals surface area contributed by atoms with E-state index in [4.69, 9.17) is 4.74 Å². The second-order valence-corrected chi connectivity index (χ2v) is 5.91. The van der Waals surface area contributed by atoms with Crippen molar-refractivity contribution < 1.29 is 9.13 Å². The molecule has 14 heavy (non-hydrogen) atoms. The first-order chi connectivity index (χ1) is 6.42. The van der Waals surface area contributed by atoms with Gasteiger partial charge in [-0.3, -0.25) is 0 Å². The lowest BCUT2D eigenvalue weighted by atomic mass is 10.3. The fourth-order valence-electron chi connectivity index (χ4n) is 1.06. The molecule has 1 rings (SSSR count). The van der Waals surface area contributed by atoms with Gasteiger partial charge in [0.05, 0.1) is 7.11 Å². The summed E-state index contributed by atoms with van der Waals surface area (Å²) in [7, 11) is 1.48. The molecule has 0 aromatic heterocycles. The van der Waals surface area contributed by atoms with Gasteiger partial charge >= 0.3 is 0 Å². The molecule has 0 radical (unpaired) electrons. The Kier molecular flexibility index (Phi) is 3.43. The summed E-state index contributed by atoms with van der Waals surface area (Å²) in [6.45, 7) is 6.36. The van der Waals surface area contributed by atoms with Crippen LogP contribution in [0.3, 0.4) is 0 Å². The zero-order valence-electron chi connectivity index (χ0n) is 8.93. The van der Waals surface area contributed by atoms with E-state index in [9.17, 15) is 4.39 Å². The van der Waals surface area contributed by atoms with Crippen molar-refractivity contribution in [2.24, 2.45) is 0 Å². The highest BCUT2D eigenvalue weighted by molar-refractivity contribution is 8.00. The molecule has 0 spiro atoms. The lowest BCUT2D eigenvalue weighted by molar-refractivity contribution is 0.385. The van der Waals surface area contributed by atoms with Crippen LogP contribution in [0, 0.1) is 5.82 Å². The van der Waals surface area contributed by atoms with Crippen molar-refractivity contribution in [1.29, 1.82) is 0 Å². The zero-order valence-corrected chi connectivity index (χ0v) is 9.74. The van der Waals surface area contributed by atoms with Gasteiger partial charge in [-0.05, 0) is 18.2 Å². The van der Waals surface area contributed by atoms with Gasteiger partial charge in [0.25, 0.3) is 0 Å². The Hall–Kier alpha value is -0.700. The van der Waals surface area contributed by atoms with Crippen LogP contribution in [-0.2, 0) is 0 Å². The van der Waals surface area contributed by atoms with E-state index >= 15 is 0 Å². The highest BCUT2D eigenvalue weighted by atomic mass is 32.2. The number of hydrogen-bond donors (Lipinski definition) is 0. The molecule has 0 amide bonds. The normalized spacial score (nSPS) is 11.5. The van der Waals surface area contributed by atoms with Crippen LogP contribution in [0.2, 0.25) is 0 Å². The number of rotatable bonds is 2. The molecule has 0 heterocycles. The standard InChI is InChI=1S/C11H15FOS/c1-11(2,3)14-8-5-6-9(12)10(7-8)13-4/h5-7H,1-4H3. The molecule has 0 fully saturated rings. The zero-order chi connectivity index (χ0) is 10.8. The molecule has 0 aliphatic carbocycles. The van der Waals surface area contributed by atoms with E-state index in [-0.39, 0.29) is 10.6 Å². The molecular formula is C11H15FOS. The van der Waals surface area contributed by atoms with Crippen LogP contribution in [0.1, 0.15) is 20.8 Å². The molecule has 1 aromatic carbocycles. The SMILES string of the molecule is COc1cc(SC(C)(C)C)ccc1F. The van der Waals surface area contributed by atoms with E-state index in [0.717, 1.165) is 4.90 Å². The van der Waals surface area contributed by atoms with Crippen molar-refractivity contribution in [2.45, 2.75) is 30.4 Å². The maximum Gasteiger partial charge on any atom is 0.165 e. The first-order valence-corrected chi connectivity index (χ1v) is 5.26. The third kappa shape index (κ3) is 3.22. The quantitative estimate of drug-likeness (QED) is 0.694. The van der Waals surface area contributed by atoms with Gasteiger partial charge in [-0.1, -0.05) is 20.8 Å². The lowest BCUT2D eigenvalue weighted by Crippen LogP contribution is -2.06. The van der Waals surface area contributed by atoms with Gasteiger partial charge in [0, 0.05) is 9.64 Å². The summed E-state index contributed by atoms with van der Waals surface area (Å²) in [5.74, 6) is -0.00925. The minimum Gasteiger partial charge on any atom is -0.494 e. The Morgan fingerprint density at radius 2 is 1.93 bits per heavy atom. The second-order valence-electron chi connectivity index (χ2n) is 4.01. The van der Waals surface area contributed by atoms with E-state index in [1.54, 1.807) is 23.9 Å². The maximum absolute atomic E-state index is 13.1. The minimum absolute atomic E-state index is 0.128. The van der Waals surface area contributed by atoms with Crippen LogP contribution in [0.15, 0.2) is 23.1 Å². The van der Waals surface area contributed by atoms with Crippen molar-refractivity contribution in [1.82, 2.24) is 0 Å². The molecule has 3 heteroatoms. The molecule has 0 aliphatic rings. The van der Waals surface area contributed by atoms with Crippen LogP contribution < -0.4 is 4.74 Å². The van der Waals surface area contributed by atoms with Crippen LogP contribution in [0.5, 0.6) is 5.75 Å². The molecule has 0 saturated carbocycles. The second kappa shape index (κ2) is 4.22. The van der Waals surface area contributed by atoms with Crippen LogP contribution in [0.4, 0.5) is 4.39 Å². The van der Waals surface area contributed by atoms with Gasteiger partial charge in [-0.2, -0.15) is 0 Å². The van der Waals surface area contributed by atoms with E-state index in [1.807, 2.05) is 0 Å². The smallest absolute Gasteiger partial charge is 0.165 e. The Morgan fingerprint density at radius 3 is 2.43 bits per heavy atom. The van der Waals surface area contributed by atoms with E-state index in [2.05, 4.69) is 20.8 Å². The van der Waals surface area contributed by atoms with E-state index < -0.39 is 0 Å². The first-order valence-electron chi connectivity index (χ1n) is 4.45. The molecule has 0 N–H and O–H groups in total. The fourth-order valence-corrected chi connectivity index (χ4v) is 2.07. The number of hydrogen-bond acceptors (Lipinski definition) is 2. The predicted molar refractivity (Wildman–Crippen MR) is 58.6 cm³/mol. The Bertz CT molecular complexity index is 318. The number of methoxy groups -OCH3 is 1. The third-order valence-electron chi connectivity index (χ3n) is 1.55. The first kappa shape index (κ1) is 11.4. The molecule has 1 aromatic rings. The summed E-state index contributed by atoms with van der Waals surface area (Å²) >= 11 is 1.69. The molecule has 78 valence electrons. The van der Waals surface area contributed by atoms with Crippen molar-refractivity contribution in [3.63, 3.8) is 0 Å². The highest BCUT2D eigenvalue weighted by Gasteiger charge is 2.13. The molecule has 1 nitrogen and oxygen atoms in total. The van der Waals surface area contributed by atoms with E-state index in [0.29, 0.717) is 5.75 Å². The summed E-state index contributed by atoms with van der Waals surface area (Å²) in [5, 5.41) is 0. The largest absolute Gasteiger partial charge is 0.494 e. The van der Waals surface area contributed by atoms with Crippen molar-refractivity contribution in [3.05, 3.63) is 24.0 Å². The average Bonchev–Trinajstić information content (AvgIpc) is 2.06. The Labute approximate surface area is 88.7 Å². The Morgan fingerprint density at radius 1 is 1.29 bits per heavy atom. The van der Waals surface area contributed by atoms with Crippen LogP contribution in [-0.4, -0.2) is 11.9 Å². The summed E-state index contributed by atoms with van der Waals surface area (Å²) in [5.41, 5.74) is 0. The monoisotopic (exact) mass is 214 g/mol. The molecule has 0 aliphatic heterocycles. The summed E-state index contributed by atoms with van der Waals surface area (Å²) in [4.78, 5) is 1.02. The molecular weight excluding hydrogens is 199 g/mol. The predicted octanol–water partition coefficient (Wildman–Crippen LogP) is 3.72. The highest BCUT2D eigenvalue weighted by Crippen LogP contribution is 2.34. The molecule has 0 atom stereocenters. The van der Waals surface area contributed by atoms with Gasteiger partial charge in [-0.25, -0.2) is 4.39 Å². The maximum atomic E-state index is 13.1. The van der Waals surface area contributed by atoms with Crippen molar-refractivity contribution in [2.75, 3.05) is 7.11 Å². The van der Waals surface area contributed by atoms with Crippen LogP contribution >= 0.6 is 11.8 Å². The minimum atomic E-state index is -0.314. The number of benzene rings is 1. The van der Waals surface area contributed by atoms with Gasteiger partial charge in [0.15, 0.2) is 11.6 Å². The number of thioether (sulfide) groups is 1. The van der Waals surface area contributed by atoms with Gasteiger partial charge in [-0.15, -0.1) is 11.8 Å². The van der Waals surface area contributed by atoms with Crippen molar-refractivity contribution >= 4 is 11.8 Å². The van der Waals surface area contributed by atoms with Gasteiger partial charge < -0.3 is 4.74 Å². The summed E-state index contributed by atoms with van der Waals surface area (Å²) in [6.07, 6.45) is 0.